The fraction of sp³-hybridized carbons (Fsp3) is 0.806. The van der Waals surface area contributed by atoms with E-state index in [1.165, 1.54) is 121 Å². The third-order valence-electron chi connectivity index (χ3n) is 8.46. The lowest BCUT2D eigenvalue weighted by molar-refractivity contribution is 0.0204. The van der Waals surface area contributed by atoms with Crippen molar-refractivity contribution in [1.82, 2.24) is 0 Å². The monoisotopic (exact) mass is 440 g/mol. The van der Waals surface area contributed by atoms with Crippen molar-refractivity contribution in [3.63, 3.8) is 0 Å². The number of rotatable bonds is 14. The van der Waals surface area contributed by atoms with Gasteiger partial charge in [-0.05, 0) is 73.8 Å². The molecule has 0 amide bonds. The Labute approximate surface area is 200 Å². The second-order valence-electron chi connectivity index (χ2n) is 11.1. The van der Waals surface area contributed by atoms with Gasteiger partial charge in [0, 0.05) is 6.61 Å². The van der Waals surface area contributed by atoms with Crippen LogP contribution in [0.3, 0.4) is 0 Å². The maximum absolute atomic E-state index is 6.32. The Morgan fingerprint density at radius 3 is 1.91 bits per heavy atom. The van der Waals surface area contributed by atoms with Crippen molar-refractivity contribution < 1.29 is 4.74 Å². The Morgan fingerprint density at radius 2 is 1.28 bits per heavy atom. The highest BCUT2D eigenvalue weighted by Crippen LogP contribution is 2.36. The van der Waals surface area contributed by atoms with Crippen molar-refractivity contribution in [1.29, 1.82) is 0 Å². The molecule has 0 heterocycles. The zero-order valence-electron chi connectivity index (χ0n) is 21.5. The standard InChI is InChI=1S/C31H52O/c1-3-5-6-7-8-11-27-13-15-28(16-14-27)12-9-25-32-31-23-21-30(22-24-31)29-19-17-26(10-4-2)18-20-29/h17-20,27-28,30-31H,3-16,21-25H2,1-2H3/t27-,28-,30-,31-. The number of ether oxygens (including phenoxy) is 1. The molecule has 2 fully saturated rings. The predicted octanol–water partition coefficient (Wildman–Crippen LogP) is 9.63. The van der Waals surface area contributed by atoms with Gasteiger partial charge in [-0.3, -0.25) is 0 Å². The summed E-state index contributed by atoms with van der Waals surface area (Å²) >= 11 is 0. The van der Waals surface area contributed by atoms with Crippen LogP contribution in [-0.4, -0.2) is 12.7 Å². The van der Waals surface area contributed by atoms with Crippen LogP contribution in [0.5, 0.6) is 0 Å². The van der Waals surface area contributed by atoms with E-state index in [-0.39, 0.29) is 0 Å². The Bertz CT molecular complexity index is 575. The predicted molar refractivity (Wildman–Crippen MR) is 139 cm³/mol. The Kier molecular flexibility index (Phi) is 12.2. The Hall–Kier alpha value is -0.820. The molecule has 0 saturated heterocycles. The zero-order valence-corrected chi connectivity index (χ0v) is 21.5. The molecule has 0 atom stereocenters. The molecule has 2 aliphatic carbocycles. The topological polar surface area (TPSA) is 9.23 Å². The van der Waals surface area contributed by atoms with E-state index in [9.17, 15) is 0 Å². The molecule has 32 heavy (non-hydrogen) atoms. The summed E-state index contributed by atoms with van der Waals surface area (Å²) in [5.74, 6) is 2.79. The number of hydrogen-bond acceptors (Lipinski definition) is 1. The van der Waals surface area contributed by atoms with E-state index in [1.807, 2.05) is 0 Å². The molecule has 0 aliphatic heterocycles. The molecule has 0 bridgehead atoms. The second-order valence-corrected chi connectivity index (χ2v) is 11.1. The van der Waals surface area contributed by atoms with Crippen molar-refractivity contribution in [2.45, 2.75) is 141 Å². The van der Waals surface area contributed by atoms with Gasteiger partial charge in [0.15, 0.2) is 0 Å². The van der Waals surface area contributed by atoms with E-state index < -0.39 is 0 Å². The van der Waals surface area contributed by atoms with Gasteiger partial charge in [0.2, 0.25) is 0 Å². The van der Waals surface area contributed by atoms with Gasteiger partial charge in [0.05, 0.1) is 6.10 Å². The van der Waals surface area contributed by atoms with Crippen LogP contribution >= 0.6 is 0 Å². The molecule has 0 spiro atoms. The van der Waals surface area contributed by atoms with Crippen LogP contribution in [0.1, 0.15) is 140 Å². The average molecular weight is 441 g/mol. The average Bonchev–Trinajstić information content (AvgIpc) is 2.84. The fourth-order valence-electron chi connectivity index (χ4n) is 6.28. The minimum Gasteiger partial charge on any atom is -0.378 e. The molecule has 2 saturated carbocycles. The van der Waals surface area contributed by atoms with E-state index >= 15 is 0 Å². The molecular weight excluding hydrogens is 388 g/mol. The molecule has 3 rings (SSSR count). The summed E-state index contributed by atoms with van der Waals surface area (Å²) in [6.45, 7) is 5.57. The zero-order chi connectivity index (χ0) is 22.4. The Balaban J connectivity index is 1.20. The van der Waals surface area contributed by atoms with E-state index in [2.05, 4.69) is 38.1 Å². The molecule has 2 aliphatic rings. The van der Waals surface area contributed by atoms with Crippen LogP contribution in [0.4, 0.5) is 0 Å². The molecule has 0 N–H and O–H groups in total. The fourth-order valence-corrected chi connectivity index (χ4v) is 6.28. The maximum atomic E-state index is 6.32. The van der Waals surface area contributed by atoms with Crippen LogP contribution < -0.4 is 0 Å². The van der Waals surface area contributed by atoms with Gasteiger partial charge in [0.25, 0.3) is 0 Å². The summed E-state index contributed by atoms with van der Waals surface area (Å²) in [5, 5.41) is 0. The van der Waals surface area contributed by atoms with Crippen molar-refractivity contribution in [2.24, 2.45) is 11.8 Å². The van der Waals surface area contributed by atoms with E-state index in [1.54, 1.807) is 5.56 Å². The van der Waals surface area contributed by atoms with E-state index in [4.69, 9.17) is 4.74 Å². The summed E-state index contributed by atoms with van der Waals surface area (Å²) in [4.78, 5) is 0. The van der Waals surface area contributed by atoms with Gasteiger partial charge in [-0.1, -0.05) is 109 Å². The van der Waals surface area contributed by atoms with Crippen LogP contribution in [-0.2, 0) is 11.2 Å². The lowest BCUT2D eigenvalue weighted by Crippen LogP contribution is -2.21. The van der Waals surface area contributed by atoms with Crippen LogP contribution in [0.2, 0.25) is 0 Å². The number of hydrogen-bond donors (Lipinski definition) is 0. The van der Waals surface area contributed by atoms with E-state index in [0.29, 0.717) is 6.10 Å². The first-order valence-corrected chi connectivity index (χ1v) is 14.5. The third-order valence-corrected chi connectivity index (χ3v) is 8.46. The summed E-state index contributed by atoms with van der Waals surface area (Å²) in [7, 11) is 0. The molecule has 1 aromatic rings. The molecule has 0 radical (unpaired) electrons. The van der Waals surface area contributed by atoms with Crippen molar-refractivity contribution >= 4 is 0 Å². The highest BCUT2D eigenvalue weighted by Gasteiger charge is 2.23. The maximum Gasteiger partial charge on any atom is 0.0575 e. The smallest absolute Gasteiger partial charge is 0.0575 e. The van der Waals surface area contributed by atoms with Gasteiger partial charge >= 0.3 is 0 Å². The highest BCUT2D eigenvalue weighted by atomic mass is 16.5. The first-order valence-electron chi connectivity index (χ1n) is 14.5. The molecule has 1 heteroatoms. The van der Waals surface area contributed by atoms with Gasteiger partial charge in [-0.15, -0.1) is 0 Å². The lowest BCUT2D eigenvalue weighted by Gasteiger charge is -2.30. The molecule has 0 unspecified atom stereocenters. The SMILES string of the molecule is CCCCCCC[C@H]1CC[C@H](CCCO[C@H]2CC[C@H](c3ccc(CCC)cc3)CC2)CC1. The summed E-state index contributed by atoms with van der Waals surface area (Å²) < 4.78 is 6.32. The third kappa shape index (κ3) is 9.20. The normalized spacial score (nSPS) is 26.3. The van der Waals surface area contributed by atoms with Gasteiger partial charge < -0.3 is 4.74 Å². The first kappa shape index (κ1) is 25.8. The van der Waals surface area contributed by atoms with Gasteiger partial charge in [-0.2, -0.15) is 0 Å². The Morgan fingerprint density at radius 1 is 0.656 bits per heavy atom. The second kappa shape index (κ2) is 15.2. The van der Waals surface area contributed by atoms with Crippen molar-refractivity contribution in [3.05, 3.63) is 35.4 Å². The number of aryl methyl sites for hydroxylation is 1. The number of unbranched alkanes of at least 4 members (excludes halogenated alkanes) is 4. The van der Waals surface area contributed by atoms with Gasteiger partial charge in [-0.25, -0.2) is 0 Å². The molecular formula is C31H52O. The van der Waals surface area contributed by atoms with Crippen LogP contribution in [0.15, 0.2) is 24.3 Å². The summed E-state index contributed by atoms with van der Waals surface area (Å²) in [5.41, 5.74) is 3.05. The largest absolute Gasteiger partial charge is 0.378 e. The highest BCUT2D eigenvalue weighted by molar-refractivity contribution is 5.25. The molecule has 1 aromatic carbocycles. The first-order chi connectivity index (χ1) is 15.8. The summed E-state index contributed by atoms with van der Waals surface area (Å²) in [6.07, 6.45) is 25.5. The molecule has 1 nitrogen and oxygen atoms in total. The van der Waals surface area contributed by atoms with Crippen molar-refractivity contribution in [2.75, 3.05) is 6.61 Å². The van der Waals surface area contributed by atoms with Crippen molar-refractivity contribution in [3.8, 4) is 0 Å². The lowest BCUT2D eigenvalue weighted by atomic mass is 9.78. The molecule has 0 aromatic heterocycles. The van der Waals surface area contributed by atoms with Crippen LogP contribution in [0, 0.1) is 11.8 Å². The minimum absolute atomic E-state index is 0.522. The summed E-state index contributed by atoms with van der Waals surface area (Å²) in [6, 6.07) is 9.47. The van der Waals surface area contributed by atoms with Crippen LogP contribution in [0.25, 0.3) is 0 Å². The quantitative estimate of drug-likeness (QED) is 0.262. The van der Waals surface area contributed by atoms with E-state index in [0.717, 1.165) is 24.4 Å². The van der Waals surface area contributed by atoms with Gasteiger partial charge in [0.1, 0.15) is 0 Å². The minimum atomic E-state index is 0.522. The number of benzene rings is 1. The molecule has 182 valence electrons.